The zero-order valence-corrected chi connectivity index (χ0v) is 12.7. The summed E-state index contributed by atoms with van der Waals surface area (Å²) in [6, 6.07) is 9.00. The van der Waals surface area contributed by atoms with Crippen LogP contribution in [0.3, 0.4) is 0 Å². The van der Waals surface area contributed by atoms with Gasteiger partial charge < -0.3 is 10.1 Å². The van der Waals surface area contributed by atoms with Crippen molar-refractivity contribution < 1.29 is 4.74 Å². The van der Waals surface area contributed by atoms with E-state index in [1.54, 1.807) is 0 Å². The minimum Gasteiger partial charge on any atom is -0.493 e. The maximum Gasteiger partial charge on any atom is 0.122 e. The van der Waals surface area contributed by atoms with Gasteiger partial charge in [-0.15, -0.1) is 0 Å². The fourth-order valence-electron chi connectivity index (χ4n) is 2.48. The van der Waals surface area contributed by atoms with Crippen molar-refractivity contribution in [3.63, 3.8) is 0 Å². The molecule has 0 amide bonds. The predicted octanol–water partition coefficient (Wildman–Crippen LogP) is 3.74. The second kappa shape index (κ2) is 6.28. The van der Waals surface area contributed by atoms with Crippen molar-refractivity contribution >= 4 is 0 Å². The van der Waals surface area contributed by atoms with Gasteiger partial charge in [-0.05, 0) is 50.4 Å². The summed E-state index contributed by atoms with van der Waals surface area (Å²) >= 11 is 0. The molecule has 1 aliphatic rings. The van der Waals surface area contributed by atoms with Gasteiger partial charge in [0.15, 0.2) is 0 Å². The van der Waals surface area contributed by atoms with Gasteiger partial charge in [0.25, 0.3) is 0 Å². The van der Waals surface area contributed by atoms with E-state index in [1.165, 1.54) is 11.1 Å². The highest BCUT2D eigenvalue weighted by molar-refractivity contribution is 5.37. The van der Waals surface area contributed by atoms with E-state index in [0.29, 0.717) is 19.1 Å². The standard InChI is InChI=1S/C17H24N2O/c1-4-19-14(3)15-5-6-16(13(2)11-15)20-12-17(7-8-17)9-10-18/h5-6,11,14,19H,4,7-9,12H2,1-3H3. The number of nitrogens with one attached hydrogen (secondary N) is 1. The van der Waals surface area contributed by atoms with Gasteiger partial charge in [0.1, 0.15) is 5.75 Å². The zero-order chi connectivity index (χ0) is 14.6. The van der Waals surface area contributed by atoms with Crippen LogP contribution in [-0.2, 0) is 0 Å². The van der Waals surface area contributed by atoms with Crippen molar-refractivity contribution in [1.29, 1.82) is 5.26 Å². The normalized spacial score (nSPS) is 17.3. The Morgan fingerprint density at radius 1 is 1.45 bits per heavy atom. The van der Waals surface area contributed by atoms with E-state index in [2.05, 4.69) is 50.4 Å². The van der Waals surface area contributed by atoms with Crippen LogP contribution >= 0.6 is 0 Å². The Morgan fingerprint density at radius 2 is 2.20 bits per heavy atom. The van der Waals surface area contributed by atoms with E-state index in [0.717, 1.165) is 25.1 Å². The minimum absolute atomic E-state index is 0.136. The second-order valence-corrected chi connectivity index (χ2v) is 5.93. The quantitative estimate of drug-likeness (QED) is 0.822. The predicted molar refractivity (Wildman–Crippen MR) is 80.7 cm³/mol. The number of ether oxygens (including phenoxy) is 1. The Bertz CT molecular complexity index is 500. The molecule has 1 atom stereocenters. The molecular weight excluding hydrogens is 248 g/mol. The molecule has 1 aromatic carbocycles. The smallest absolute Gasteiger partial charge is 0.122 e. The molecule has 1 fully saturated rings. The summed E-state index contributed by atoms with van der Waals surface area (Å²) in [5.41, 5.74) is 2.59. The molecule has 3 heteroatoms. The van der Waals surface area contributed by atoms with Crippen LogP contribution in [0.1, 0.15) is 50.3 Å². The van der Waals surface area contributed by atoms with Crippen LogP contribution in [-0.4, -0.2) is 13.2 Å². The Labute approximate surface area is 121 Å². The molecule has 2 rings (SSSR count). The largest absolute Gasteiger partial charge is 0.493 e. The Hall–Kier alpha value is -1.53. The van der Waals surface area contributed by atoms with Crippen LogP contribution in [0.2, 0.25) is 0 Å². The van der Waals surface area contributed by atoms with E-state index in [9.17, 15) is 0 Å². The molecule has 0 bridgehead atoms. The van der Waals surface area contributed by atoms with Crippen molar-refractivity contribution in [3.8, 4) is 11.8 Å². The first-order valence-corrected chi connectivity index (χ1v) is 7.44. The molecule has 0 spiro atoms. The fraction of sp³-hybridized carbons (Fsp3) is 0.588. The van der Waals surface area contributed by atoms with Gasteiger partial charge in [-0.2, -0.15) is 5.26 Å². The lowest BCUT2D eigenvalue weighted by Gasteiger charge is -2.17. The molecule has 0 aromatic heterocycles. The lowest BCUT2D eigenvalue weighted by molar-refractivity contribution is 0.235. The molecule has 1 aliphatic carbocycles. The Balaban J connectivity index is 1.98. The van der Waals surface area contributed by atoms with Crippen LogP contribution in [0.25, 0.3) is 0 Å². The van der Waals surface area contributed by atoms with Crippen LogP contribution in [0.15, 0.2) is 18.2 Å². The average molecular weight is 272 g/mol. The SMILES string of the molecule is CCNC(C)c1ccc(OCC2(CC#N)CC2)c(C)c1. The van der Waals surface area contributed by atoms with Crippen molar-refractivity contribution in [1.82, 2.24) is 5.32 Å². The van der Waals surface area contributed by atoms with Crippen molar-refractivity contribution in [3.05, 3.63) is 29.3 Å². The van der Waals surface area contributed by atoms with Crippen molar-refractivity contribution in [2.24, 2.45) is 5.41 Å². The molecular formula is C17H24N2O. The number of benzene rings is 1. The number of nitriles is 1. The van der Waals surface area contributed by atoms with Gasteiger partial charge in [0.05, 0.1) is 12.7 Å². The van der Waals surface area contributed by atoms with Crippen molar-refractivity contribution in [2.75, 3.05) is 13.2 Å². The first-order valence-electron chi connectivity index (χ1n) is 7.44. The maximum absolute atomic E-state index is 8.83. The Morgan fingerprint density at radius 3 is 2.75 bits per heavy atom. The molecule has 0 heterocycles. The average Bonchev–Trinajstić information content (AvgIpc) is 3.18. The lowest BCUT2D eigenvalue weighted by atomic mass is 10.0. The number of rotatable bonds is 7. The van der Waals surface area contributed by atoms with Crippen LogP contribution < -0.4 is 10.1 Å². The summed E-state index contributed by atoms with van der Waals surface area (Å²) < 4.78 is 5.94. The van der Waals surface area contributed by atoms with E-state index >= 15 is 0 Å². The van der Waals surface area contributed by atoms with Gasteiger partial charge in [-0.1, -0.05) is 19.1 Å². The highest BCUT2D eigenvalue weighted by Gasteiger charge is 2.43. The molecule has 20 heavy (non-hydrogen) atoms. The van der Waals surface area contributed by atoms with Gasteiger partial charge in [-0.3, -0.25) is 0 Å². The number of nitrogens with zero attached hydrogens (tertiary/aromatic N) is 1. The van der Waals surface area contributed by atoms with Gasteiger partial charge in [0, 0.05) is 17.9 Å². The Kier molecular flexibility index (Phi) is 4.67. The van der Waals surface area contributed by atoms with E-state index in [1.807, 2.05) is 0 Å². The summed E-state index contributed by atoms with van der Waals surface area (Å²) in [6.45, 7) is 8.01. The summed E-state index contributed by atoms with van der Waals surface area (Å²) in [4.78, 5) is 0. The van der Waals surface area contributed by atoms with Crippen LogP contribution in [0.4, 0.5) is 0 Å². The first-order chi connectivity index (χ1) is 9.60. The third-order valence-electron chi connectivity index (χ3n) is 4.15. The highest BCUT2D eigenvalue weighted by atomic mass is 16.5. The second-order valence-electron chi connectivity index (χ2n) is 5.93. The van der Waals surface area contributed by atoms with E-state index in [-0.39, 0.29) is 5.41 Å². The molecule has 0 aliphatic heterocycles. The van der Waals surface area contributed by atoms with Gasteiger partial charge in [0.2, 0.25) is 0 Å². The highest BCUT2D eigenvalue weighted by Crippen LogP contribution is 2.48. The molecule has 0 saturated heterocycles. The molecule has 0 radical (unpaired) electrons. The first kappa shape index (κ1) is 14.9. The summed E-state index contributed by atoms with van der Waals surface area (Å²) in [5.74, 6) is 0.946. The molecule has 1 unspecified atom stereocenters. The fourth-order valence-corrected chi connectivity index (χ4v) is 2.48. The van der Waals surface area contributed by atoms with Gasteiger partial charge in [-0.25, -0.2) is 0 Å². The molecule has 1 saturated carbocycles. The van der Waals surface area contributed by atoms with E-state index in [4.69, 9.17) is 10.00 Å². The zero-order valence-electron chi connectivity index (χ0n) is 12.7. The monoisotopic (exact) mass is 272 g/mol. The van der Waals surface area contributed by atoms with Crippen LogP contribution in [0.5, 0.6) is 5.75 Å². The number of hydrogen-bond acceptors (Lipinski definition) is 3. The topological polar surface area (TPSA) is 45.0 Å². The molecule has 1 N–H and O–H groups in total. The molecule has 1 aromatic rings. The third kappa shape index (κ3) is 3.52. The number of hydrogen-bond donors (Lipinski definition) is 1. The third-order valence-corrected chi connectivity index (χ3v) is 4.15. The lowest BCUT2D eigenvalue weighted by Crippen LogP contribution is -2.18. The number of aryl methyl sites for hydroxylation is 1. The summed E-state index contributed by atoms with van der Waals surface area (Å²) in [7, 11) is 0. The minimum atomic E-state index is 0.136. The van der Waals surface area contributed by atoms with Crippen molar-refractivity contribution in [2.45, 2.75) is 46.1 Å². The van der Waals surface area contributed by atoms with Crippen LogP contribution in [0, 0.1) is 23.7 Å². The maximum atomic E-state index is 8.83. The molecule has 108 valence electrons. The molecule has 3 nitrogen and oxygen atoms in total. The van der Waals surface area contributed by atoms with E-state index < -0.39 is 0 Å². The summed E-state index contributed by atoms with van der Waals surface area (Å²) in [6.07, 6.45) is 2.85. The van der Waals surface area contributed by atoms with Gasteiger partial charge >= 0.3 is 0 Å². The summed E-state index contributed by atoms with van der Waals surface area (Å²) in [5, 5.41) is 12.2.